The van der Waals surface area contributed by atoms with E-state index < -0.39 is 29.1 Å². The van der Waals surface area contributed by atoms with Gasteiger partial charge in [-0.2, -0.15) is 23.3 Å². The lowest BCUT2D eigenvalue weighted by atomic mass is 9.97. The highest BCUT2D eigenvalue weighted by Gasteiger charge is 2.35. The molecule has 0 N–H and O–H groups in total. The van der Waals surface area contributed by atoms with Gasteiger partial charge < -0.3 is 9.42 Å². The van der Waals surface area contributed by atoms with E-state index in [1.54, 1.807) is 10.3 Å². The Labute approximate surface area is 210 Å². The Morgan fingerprint density at radius 1 is 1.16 bits per heavy atom. The van der Waals surface area contributed by atoms with Crippen molar-refractivity contribution in [3.63, 3.8) is 0 Å². The lowest BCUT2D eigenvalue weighted by Gasteiger charge is -2.31. The summed E-state index contributed by atoms with van der Waals surface area (Å²) in [6.45, 7) is 2.05. The van der Waals surface area contributed by atoms with E-state index in [4.69, 9.17) is 4.52 Å². The predicted octanol–water partition coefficient (Wildman–Crippen LogP) is 5.07. The quantitative estimate of drug-likeness (QED) is 0.330. The number of likely N-dealkylation sites (tertiary alicyclic amines) is 1. The summed E-state index contributed by atoms with van der Waals surface area (Å²) in [4.78, 5) is 22.9. The Kier molecular flexibility index (Phi) is 6.52. The van der Waals surface area contributed by atoms with Gasteiger partial charge >= 0.3 is 6.18 Å². The molecule has 1 aliphatic rings. The van der Waals surface area contributed by atoms with Gasteiger partial charge in [-0.15, -0.1) is 11.3 Å². The highest BCUT2D eigenvalue weighted by Crippen LogP contribution is 2.34. The molecule has 0 aliphatic carbocycles. The maximum absolute atomic E-state index is 14.0. The van der Waals surface area contributed by atoms with Gasteiger partial charge in [-0.05, 0) is 38.0 Å². The van der Waals surface area contributed by atoms with Gasteiger partial charge in [0.25, 0.3) is 5.89 Å². The molecule has 4 heterocycles. The van der Waals surface area contributed by atoms with Crippen LogP contribution in [0, 0.1) is 18.6 Å². The molecule has 0 atom stereocenters. The molecule has 4 aromatic rings. The molecule has 5 rings (SSSR count). The van der Waals surface area contributed by atoms with E-state index in [-0.39, 0.29) is 35.8 Å². The number of amides is 1. The Morgan fingerprint density at radius 3 is 2.51 bits per heavy atom. The highest BCUT2D eigenvalue weighted by atomic mass is 32.1. The molecule has 14 heteroatoms. The van der Waals surface area contributed by atoms with Crippen LogP contribution in [0.4, 0.5) is 22.0 Å². The zero-order chi connectivity index (χ0) is 26.3. The molecule has 1 aromatic carbocycles. The summed E-state index contributed by atoms with van der Waals surface area (Å²) in [7, 11) is 0. The maximum atomic E-state index is 14.0. The molecule has 0 unspecified atom stereocenters. The molecule has 0 radical (unpaired) electrons. The summed E-state index contributed by atoms with van der Waals surface area (Å²) in [6, 6.07) is 4.34. The van der Waals surface area contributed by atoms with E-state index in [0.717, 1.165) is 27.9 Å². The highest BCUT2D eigenvalue weighted by molar-refractivity contribution is 7.10. The van der Waals surface area contributed by atoms with Crippen LogP contribution in [-0.4, -0.2) is 48.8 Å². The Morgan fingerprint density at radius 2 is 1.86 bits per heavy atom. The van der Waals surface area contributed by atoms with Crippen molar-refractivity contribution in [2.45, 2.75) is 38.4 Å². The summed E-state index contributed by atoms with van der Waals surface area (Å²) in [5.41, 5.74) is -0.773. The largest absolute Gasteiger partial charge is 0.435 e. The second-order valence-electron chi connectivity index (χ2n) is 8.57. The van der Waals surface area contributed by atoms with E-state index in [2.05, 4.69) is 20.2 Å². The van der Waals surface area contributed by atoms with Gasteiger partial charge in [-0.25, -0.2) is 13.8 Å². The minimum atomic E-state index is -4.57. The third kappa shape index (κ3) is 5.10. The van der Waals surface area contributed by atoms with Crippen molar-refractivity contribution in [3.05, 3.63) is 57.7 Å². The zero-order valence-corrected chi connectivity index (χ0v) is 20.1. The number of piperidine rings is 1. The number of hydrogen-bond donors (Lipinski definition) is 0. The molecule has 1 amide bonds. The van der Waals surface area contributed by atoms with E-state index in [1.807, 2.05) is 0 Å². The first-order valence-corrected chi connectivity index (χ1v) is 12.1. The van der Waals surface area contributed by atoms with E-state index >= 15 is 0 Å². The first-order valence-electron chi connectivity index (χ1n) is 11.2. The fourth-order valence-corrected chi connectivity index (χ4v) is 5.09. The van der Waals surface area contributed by atoms with Crippen LogP contribution in [0.15, 0.2) is 34.2 Å². The zero-order valence-electron chi connectivity index (χ0n) is 19.3. The van der Waals surface area contributed by atoms with Crippen molar-refractivity contribution in [2.24, 2.45) is 0 Å². The molecule has 3 aromatic heterocycles. The third-order valence-corrected chi connectivity index (χ3v) is 7.11. The summed E-state index contributed by atoms with van der Waals surface area (Å²) in [5, 5.41) is 9.83. The van der Waals surface area contributed by atoms with Crippen LogP contribution >= 0.6 is 11.3 Å². The van der Waals surface area contributed by atoms with Crippen LogP contribution in [0.25, 0.3) is 23.0 Å². The van der Waals surface area contributed by atoms with Crippen LogP contribution < -0.4 is 0 Å². The molecular formula is C23H19F5N6O2S. The summed E-state index contributed by atoms with van der Waals surface area (Å²) in [5.74, 6) is -2.08. The fourth-order valence-electron chi connectivity index (χ4n) is 4.12. The number of hydrogen-bond acceptors (Lipinski definition) is 7. The van der Waals surface area contributed by atoms with E-state index in [9.17, 15) is 26.7 Å². The van der Waals surface area contributed by atoms with E-state index in [0.29, 0.717) is 31.6 Å². The second-order valence-corrected chi connectivity index (χ2v) is 9.46. The predicted molar refractivity (Wildman–Crippen MR) is 121 cm³/mol. The maximum Gasteiger partial charge on any atom is 0.435 e. The van der Waals surface area contributed by atoms with Gasteiger partial charge in [0, 0.05) is 30.1 Å². The average Bonchev–Trinajstić information content (AvgIpc) is 3.59. The Bertz CT molecular complexity index is 1420. The van der Waals surface area contributed by atoms with E-state index in [1.165, 1.54) is 24.3 Å². The van der Waals surface area contributed by atoms with Gasteiger partial charge in [-0.3, -0.25) is 9.48 Å². The molecule has 0 saturated carbocycles. The SMILES string of the molecule is Cc1cc(C(F)(F)F)nn1CC(=O)N1CCC(c2nc(-c3noc(-c4c(F)cccc4F)n3)cs2)CC1. The Hall–Kier alpha value is -3.68. The van der Waals surface area contributed by atoms with Gasteiger partial charge in [0.1, 0.15) is 29.4 Å². The molecule has 194 valence electrons. The number of aromatic nitrogens is 5. The van der Waals surface area contributed by atoms with Crippen molar-refractivity contribution >= 4 is 17.2 Å². The fraction of sp³-hybridized carbons (Fsp3) is 0.348. The molecule has 8 nitrogen and oxygen atoms in total. The molecule has 1 fully saturated rings. The molecule has 0 bridgehead atoms. The molecule has 1 aliphatic heterocycles. The lowest BCUT2D eigenvalue weighted by molar-refractivity contribution is -0.142. The second kappa shape index (κ2) is 9.65. The number of thiazole rings is 1. The molecule has 0 spiro atoms. The average molecular weight is 539 g/mol. The van der Waals surface area contributed by atoms with Gasteiger partial charge in [0.05, 0.1) is 5.01 Å². The van der Waals surface area contributed by atoms with Gasteiger partial charge in [-0.1, -0.05) is 11.2 Å². The number of halogens is 5. The minimum Gasteiger partial charge on any atom is -0.341 e. The number of benzene rings is 1. The number of alkyl halides is 3. The van der Waals surface area contributed by atoms with Crippen LogP contribution in [0.1, 0.15) is 35.2 Å². The first kappa shape index (κ1) is 25.0. The van der Waals surface area contributed by atoms with Crippen molar-refractivity contribution < 1.29 is 31.3 Å². The van der Waals surface area contributed by atoms with Crippen LogP contribution in [-0.2, 0) is 17.5 Å². The standard InChI is InChI=1S/C23H19F5N6O2S/c1-12-9-17(23(26,27)28)31-34(12)10-18(35)33-7-5-13(6-8-33)22-29-16(11-37-22)20-30-21(36-32-20)19-14(24)3-2-4-15(19)25/h2-4,9,11,13H,5-8,10H2,1H3. The summed E-state index contributed by atoms with van der Waals surface area (Å²) >= 11 is 1.38. The lowest BCUT2D eigenvalue weighted by Crippen LogP contribution is -2.40. The number of carbonyl (C=O) groups is 1. The molecule has 37 heavy (non-hydrogen) atoms. The smallest absolute Gasteiger partial charge is 0.341 e. The molecular weight excluding hydrogens is 519 g/mol. The number of nitrogens with zero attached hydrogens (tertiary/aromatic N) is 6. The van der Waals surface area contributed by atoms with Gasteiger partial charge in [0.15, 0.2) is 5.69 Å². The number of carbonyl (C=O) groups excluding carboxylic acids is 1. The topological polar surface area (TPSA) is 89.9 Å². The van der Waals surface area contributed by atoms with Crippen LogP contribution in [0.3, 0.4) is 0 Å². The van der Waals surface area contributed by atoms with Gasteiger partial charge in [0.2, 0.25) is 11.7 Å². The third-order valence-electron chi connectivity index (χ3n) is 6.11. The Balaban J connectivity index is 1.21. The minimum absolute atomic E-state index is 0.0569. The first-order chi connectivity index (χ1) is 17.6. The van der Waals surface area contributed by atoms with Crippen LogP contribution in [0.5, 0.6) is 0 Å². The van der Waals surface area contributed by atoms with Crippen molar-refractivity contribution in [1.29, 1.82) is 0 Å². The van der Waals surface area contributed by atoms with Crippen molar-refractivity contribution in [3.8, 4) is 23.0 Å². The van der Waals surface area contributed by atoms with Crippen molar-refractivity contribution in [1.82, 2.24) is 29.8 Å². The number of aryl methyl sites for hydroxylation is 1. The van der Waals surface area contributed by atoms with Crippen LogP contribution in [0.2, 0.25) is 0 Å². The monoisotopic (exact) mass is 538 g/mol. The number of rotatable bonds is 5. The van der Waals surface area contributed by atoms with Crippen molar-refractivity contribution in [2.75, 3.05) is 13.1 Å². The summed E-state index contributed by atoms with van der Waals surface area (Å²) in [6.07, 6.45) is -3.34. The molecule has 1 saturated heterocycles. The normalized spacial score (nSPS) is 14.9. The summed E-state index contributed by atoms with van der Waals surface area (Å²) < 4.78 is 72.8.